The summed E-state index contributed by atoms with van der Waals surface area (Å²) in [5.74, 6) is -0.259. The van der Waals surface area contributed by atoms with Crippen molar-refractivity contribution < 1.29 is 69.7 Å². The number of ether oxygens (including phenoxy) is 1. The predicted molar refractivity (Wildman–Crippen MR) is 130 cm³/mol. The average molecular weight is 533 g/mol. The summed E-state index contributed by atoms with van der Waals surface area (Å²) < 4.78 is 34.5. The van der Waals surface area contributed by atoms with E-state index in [9.17, 15) is 13.6 Å². The number of aliphatic imine (C=N–C) groups is 1. The first kappa shape index (κ1) is 31.6. The van der Waals surface area contributed by atoms with Crippen LogP contribution in [0.5, 0.6) is 0 Å². The fourth-order valence-corrected chi connectivity index (χ4v) is 3.25. The fourth-order valence-electron chi connectivity index (χ4n) is 3.14. The molecule has 184 valence electrons. The van der Waals surface area contributed by atoms with Gasteiger partial charge in [-0.05, 0) is 31.5 Å². The molecule has 0 amide bonds. The van der Waals surface area contributed by atoms with Crippen molar-refractivity contribution >= 4 is 29.3 Å². The normalized spacial score (nSPS) is 15.5. The van der Waals surface area contributed by atoms with Crippen molar-refractivity contribution in [3.05, 3.63) is 74.9 Å². The second-order valence-corrected chi connectivity index (χ2v) is 7.60. The molecule has 0 unspecified atom stereocenters. The number of nitrogens with zero attached hydrogens (tertiary/aromatic N) is 4. The molecule has 2 heterocycles. The second kappa shape index (κ2) is 15.0. The van der Waals surface area contributed by atoms with Crippen molar-refractivity contribution in [2.24, 2.45) is 10.1 Å². The molecule has 11 heteroatoms. The molecule has 0 bridgehead atoms. The van der Waals surface area contributed by atoms with E-state index in [2.05, 4.69) is 21.7 Å². The number of rotatable bonds is 7. The SMILES string of the molecule is C=C(Cn1cnc(/N=C\C)c(C)c1=O)O/N=C(\C)[C-]1CO[C@@H](c2cc(F)c(Cl)c(F)c2)C1.CC.[K+]. The van der Waals surface area contributed by atoms with Crippen molar-refractivity contribution in [3.8, 4) is 0 Å². The Morgan fingerprint density at radius 1 is 1.40 bits per heavy atom. The maximum Gasteiger partial charge on any atom is 1.00 e. The van der Waals surface area contributed by atoms with Gasteiger partial charge in [0.2, 0.25) is 0 Å². The van der Waals surface area contributed by atoms with Crippen molar-refractivity contribution in [3.63, 3.8) is 0 Å². The summed E-state index contributed by atoms with van der Waals surface area (Å²) in [6.45, 7) is 13.2. The Bertz CT molecular complexity index is 1130. The molecule has 1 atom stereocenters. The third kappa shape index (κ3) is 8.31. The summed E-state index contributed by atoms with van der Waals surface area (Å²) in [5.41, 5.74) is 1.07. The number of oxime groups is 1. The number of halogens is 3. The van der Waals surface area contributed by atoms with E-state index in [1.165, 1.54) is 10.9 Å². The van der Waals surface area contributed by atoms with Gasteiger partial charge in [0.15, 0.2) is 5.82 Å². The molecule has 1 aromatic heterocycles. The minimum atomic E-state index is -0.835. The average Bonchev–Trinajstić information content (AvgIpc) is 3.32. The van der Waals surface area contributed by atoms with E-state index in [1.807, 2.05) is 13.8 Å². The minimum Gasteiger partial charge on any atom is -0.405 e. The quantitative estimate of drug-likeness (QED) is 0.137. The predicted octanol–water partition coefficient (Wildman–Crippen LogP) is 2.88. The van der Waals surface area contributed by atoms with Crippen molar-refractivity contribution in [2.45, 2.75) is 53.7 Å². The van der Waals surface area contributed by atoms with Gasteiger partial charge in [-0.1, -0.05) is 51.3 Å². The third-order valence-electron chi connectivity index (χ3n) is 4.93. The molecular formula is C24H28ClF2KN4O3. The zero-order valence-electron chi connectivity index (χ0n) is 20.9. The fraction of sp³-hybridized carbons (Fsp3) is 0.375. The summed E-state index contributed by atoms with van der Waals surface area (Å²) in [4.78, 5) is 26.0. The maximum atomic E-state index is 13.7. The number of benzene rings is 1. The first-order valence-corrected chi connectivity index (χ1v) is 11.1. The Kier molecular flexibility index (Phi) is 13.5. The van der Waals surface area contributed by atoms with Gasteiger partial charge in [-0.3, -0.25) is 9.36 Å². The van der Waals surface area contributed by atoms with Crippen molar-refractivity contribution in [2.75, 3.05) is 6.61 Å². The molecule has 7 nitrogen and oxygen atoms in total. The van der Waals surface area contributed by atoms with Crippen molar-refractivity contribution in [1.29, 1.82) is 0 Å². The molecule has 0 aliphatic carbocycles. The number of allylic oxidation sites excluding steroid dienone is 1. The number of hydrogen-bond acceptors (Lipinski definition) is 6. The van der Waals surface area contributed by atoms with E-state index >= 15 is 0 Å². The van der Waals surface area contributed by atoms with E-state index < -0.39 is 22.8 Å². The van der Waals surface area contributed by atoms with Gasteiger partial charge in [-0.2, -0.15) is 0 Å². The maximum absolute atomic E-state index is 13.7. The van der Waals surface area contributed by atoms with E-state index in [-0.39, 0.29) is 75.9 Å². The Morgan fingerprint density at radius 3 is 2.63 bits per heavy atom. The molecule has 1 aliphatic heterocycles. The largest absolute Gasteiger partial charge is 1.00 e. The zero-order valence-corrected chi connectivity index (χ0v) is 24.7. The van der Waals surface area contributed by atoms with Crippen LogP contribution in [0.2, 0.25) is 5.02 Å². The van der Waals surface area contributed by atoms with Crippen LogP contribution in [0, 0.1) is 24.5 Å². The van der Waals surface area contributed by atoms with Gasteiger partial charge in [0.25, 0.3) is 5.56 Å². The van der Waals surface area contributed by atoms with Crippen LogP contribution in [0.4, 0.5) is 14.6 Å². The third-order valence-corrected chi connectivity index (χ3v) is 5.29. The van der Waals surface area contributed by atoms with Crippen LogP contribution >= 0.6 is 11.6 Å². The first-order chi connectivity index (χ1) is 16.2. The molecular weight excluding hydrogens is 505 g/mol. The second-order valence-electron chi connectivity index (χ2n) is 7.23. The van der Waals surface area contributed by atoms with Crippen LogP contribution in [0.25, 0.3) is 0 Å². The van der Waals surface area contributed by atoms with Crippen LogP contribution < -0.4 is 56.9 Å². The molecule has 1 aromatic carbocycles. The molecule has 35 heavy (non-hydrogen) atoms. The minimum absolute atomic E-state index is 0. The van der Waals surface area contributed by atoms with Crippen molar-refractivity contribution in [1.82, 2.24) is 9.55 Å². The van der Waals surface area contributed by atoms with E-state index in [1.54, 1.807) is 27.0 Å². The molecule has 1 fully saturated rings. The Hall–Kier alpha value is -1.40. The van der Waals surface area contributed by atoms with Crippen LogP contribution in [0.15, 0.2) is 45.7 Å². The van der Waals surface area contributed by atoms with Gasteiger partial charge < -0.3 is 15.5 Å². The van der Waals surface area contributed by atoms with Gasteiger partial charge >= 0.3 is 51.4 Å². The van der Waals surface area contributed by atoms with Crippen LogP contribution in [0.1, 0.15) is 51.3 Å². The zero-order chi connectivity index (χ0) is 25.4. The summed E-state index contributed by atoms with van der Waals surface area (Å²) in [7, 11) is 0. The van der Waals surface area contributed by atoms with Crippen LogP contribution in [-0.4, -0.2) is 28.1 Å². The van der Waals surface area contributed by atoms with Gasteiger partial charge in [-0.15, -0.1) is 11.6 Å². The van der Waals surface area contributed by atoms with E-state index in [0.717, 1.165) is 18.1 Å². The van der Waals surface area contributed by atoms with Gasteiger partial charge in [0, 0.05) is 6.21 Å². The van der Waals surface area contributed by atoms with Crippen LogP contribution in [-0.2, 0) is 16.1 Å². The van der Waals surface area contributed by atoms with Crippen LogP contribution in [0.3, 0.4) is 0 Å². The molecule has 0 radical (unpaired) electrons. The molecule has 3 rings (SSSR count). The van der Waals surface area contributed by atoms with Gasteiger partial charge in [-0.25, -0.2) is 18.8 Å². The summed E-state index contributed by atoms with van der Waals surface area (Å²) >= 11 is 5.53. The van der Waals surface area contributed by atoms with Gasteiger partial charge in [0.1, 0.15) is 28.7 Å². The first-order valence-electron chi connectivity index (χ1n) is 10.8. The molecule has 0 saturated carbocycles. The number of aromatic nitrogens is 2. The van der Waals surface area contributed by atoms with Gasteiger partial charge in [0.05, 0.1) is 18.2 Å². The Balaban J connectivity index is 0.00000199. The smallest absolute Gasteiger partial charge is 0.405 e. The molecule has 2 aromatic rings. The summed E-state index contributed by atoms with van der Waals surface area (Å²) in [6.07, 6.45) is 2.81. The van der Waals surface area contributed by atoms with E-state index in [4.69, 9.17) is 21.2 Å². The standard InChI is InChI=1S/C22H22ClF2N4O3.C2H6.K/c1-5-26-21-13(3)22(30)29(11-27-21)9-12(2)32-28-14(4)16-8-19(31-10-16)15-6-17(24)20(23)18(25)7-15;1-2;/h5-7,11,19H,2,8-10H2,1,3-4H3;1-2H3;/q-1;;+1/b26-5-,28-14+;;/t19-;;/m1../s1. The number of hydrogen-bond donors (Lipinski definition) is 0. The molecule has 1 saturated heterocycles. The molecule has 0 spiro atoms. The molecule has 1 aliphatic rings. The topological polar surface area (TPSA) is 78.1 Å². The summed E-state index contributed by atoms with van der Waals surface area (Å²) in [5, 5.41) is 3.51. The Morgan fingerprint density at radius 2 is 2.03 bits per heavy atom. The van der Waals surface area contributed by atoms with E-state index in [0.29, 0.717) is 29.1 Å². The monoisotopic (exact) mass is 532 g/mol. The summed E-state index contributed by atoms with van der Waals surface area (Å²) in [6, 6.07) is 2.32. The Labute approximate surface area is 251 Å². The molecule has 0 N–H and O–H groups in total.